The molecule has 1 aliphatic heterocycles. The molecule has 2 fully saturated rings. The van der Waals surface area contributed by atoms with Crippen LogP contribution in [-0.4, -0.2) is 36.0 Å². The summed E-state index contributed by atoms with van der Waals surface area (Å²) in [5.41, 5.74) is 0. The molecule has 4 heteroatoms. The minimum absolute atomic E-state index is 0.235. The molecule has 1 heterocycles. The van der Waals surface area contributed by atoms with Crippen LogP contribution in [0.2, 0.25) is 0 Å². The number of carbonyl (C=O) groups excluding carboxylic acids is 1. The monoisotopic (exact) mass is 242 g/mol. The van der Waals surface area contributed by atoms with Gasteiger partial charge in [0.15, 0.2) is 0 Å². The molecule has 1 aliphatic carbocycles. The second-order valence-electron chi connectivity index (χ2n) is 4.80. The lowest BCUT2D eigenvalue weighted by Crippen LogP contribution is -2.53. The van der Waals surface area contributed by atoms with Gasteiger partial charge >= 0.3 is 0 Å². The molecule has 1 saturated heterocycles. The zero-order valence-corrected chi connectivity index (χ0v) is 10.8. The Morgan fingerprint density at radius 1 is 1.44 bits per heavy atom. The molecule has 2 rings (SSSR count). The minimum atomic E-state index is 0.235. The van der Waals surface area contributed by atoms with Gasteiger partial charge in [-0.2, -0.15) is 11.8 Å². The van der Waals surface area contributed by atoms with Crippen molar-refractivity contribution >= 4 is 17.7 Å². The van der Waals surface area contributed by atoms with E-state index >= 15 is 0 Å². The molecule has 0 aromatic carbocycles. The zero-order valence-electron chi connectivity index (χ0n) is 10.00. The highest BCUT2D eigenvalue weighted by Gasteiger charge is 2.28. The first-order valence-electron chi connectivity index (χ1n) is 6.42. The van der Waals surface area contributed by atoms with Gasteiger partial charge in [-0.1, -0.05) is 13.3 Å². The molecule has 3 nitrogen and oxygen atoms in total. The smallest absolute Gasteiger partial charge is 0.225 e. The van der Waals surface area contributed by atoms with E-state index in [0.717, 1.165) is 18.3 Å². The van der Waals surface area contributed by atoms with E-state index in [2.05, 4.69) is 17.6 Å². The van der Waals surface area contributed by atoms with Crippen LogP contribution in [0.15, 0.2) is 0 Å². The first-order valence-corrected chi connectivity index (χ1v) is 7.47. The van der Waals surface area contributed by atoms with Gasteiger partial charge in [-0.05, 0) is 25.0 Å². The van der Waals surface area contributed by atoms with Crippen LogP contribution < -0.4 is 10.6 Å². The van der Waals surface area contributed by atoms with Crippen LogP contribution in [0.5, 0.6) is 0 Å². The van der Waals surface area contributed by atoms with Crippen molar-refractivity contribution in [3.8, 4) is 0 Å². The van der Waals surface area contributed by atoms with E-state index in [1.807, 2.05) is 11.8 Å². The summed E-state index contributed by atoms with van der Waals surface area (Å²) in [5, 5.41) is 7.13. The molecule has 16 heavy (non-hydrogen) atoms. The normalized spacial score (nSPS) is 30.8. The third-order valence-electron chi connectivity index (χ3n) is 3.53. The first-order chi connectivity index (χ1) is 7.79. The quantitative estimate of drug-likeness (QED) is 0.783. The van der Waals surface area contributed by atoms with Crippen molar-refractivity contribution < 1.29 is 4.79 Å². The van der Waals surface area contributed by atoms with E-state index in [-0.39, 0.29) is 11.8 Å². The number of hydrogen-bond donors (Lipinski definition) is 2. The number of amides is 1. The van der Waals surface area contributed by atoms with Crippen LogP contribution >= 0.6 is 11.8 Å². The summed E-state index contributed by atoms with van der Waals surface area (Å²) >= 11 is 2.05. The largest absolute Gasteiger partial charge is 0.353 e. The number of thioether (sulfide) groups is 1. The van der Waals surface area contributed by atoms with Crippen molar-refractivity contribution in [2.75, 3.05) is 18.8 Å². The Balaban J connectivity index is 1.73. The second-order valence-corrected chi connectivity index (χ2v) is 6.38. The first kappa shape index (κ1) is 12.2. The molecular formula is C12H22N2OS. The summed E-state index contributed by atoms with van der Waals surface area (Å²) in [7, 11) is 0. The predicted octanol–water partition coefficient (Wildman–Crippen LogP) is 1.39. The van der Waals surface area contributed by atoms with Crippen LogP contribution in [0.3, 0.4) is 0 Å². The Kier molecular flexibility index (Phi) is 4.53. The van der Waals surface area contributed by atoms with Crippen LogP contribution in [0.1, 0.15) is 32.6 Å². The van der Waals surface area contributed by atoms with Crippen molar-refractivity contribution in [3.05, 3.63) is 0 Å². The Hall–Kier alpha value is -0.220. The minimum Gasteiger partial charge on any atom is -0.353 e. The van der Waals surface area contributed by atoms with E-state index in [9.17, 15) is 4.79 Å². The fourth-order valence-corrected chi connectivity index (χ4v) is 3.63. The molecule has 1 saturated carbocycles. The summed E-state index contributed by atoms with van der Waals surface area (Å²) in [4.78, 5) is 11.8. The van der Waals surface area contributed by atoms with Gasteiger partial charge in [0.2, 0.25) is 5.91 Å². The second kappa shape index (κ2) is 5.92. The number of hydrogen-bond acceptors (Lipinski definition) is 3. The van der Waals surface area contributed by atoms with E-state index in [1.165, 1.54) is 31.4 Å². The SMILES string of the molecule is CCSC1CCCC(NC(=O)C2CNC2)C1. The third-order valence-corrected chi connectivity index (χ3v) is 4.76. The summed E-state index contributed by atoms with van der Waals surface area (Å²) in [5.74, 6) is 1.70. The lowest BCUT2D eigenvalue weighted by Gasteiger charge is -2.32. The summed E-state index contributed by atoms with van der Waals surface area (Å²) in [6, 6.07) is 0.436. The summed E-state index contributed by atoms with van der Waals surface area (Å²) < 4.78 is 0. The summed E-state index contributed by atoms with van der Waals surface area (Å²) in [6.07, 6.45) is 4.94. The maximum absolute atomic E-state index is 11.8. The van der Waals surface area contributed by atoms with Gasteiger partial charge in [0.1, 0.15) is 0 Å². The highest BCUT2D eigenvalue weighted by Crippen LogP contribution is 2.28. The van der Waals surface area contributed by atoms with Crippen LogP contribution in [0.4, 0.5) is 0 Å². The highest BCUT2D eigenvalue weighted by molar-refractivity contribution is 7.99. The number of nitrogens with one attached hydrogen (secondary N) is 2. The van der Waals surface area contributed by atoms with Crippen LogP contribution in [-0.2, 0) is 4.79 Å². The lowest BCUT2D eigenvalue weighted by atomic mass is 9.93. The van der Waals surface area contributed by atoms with Crippen molar-refractivity contribution in [1.29, 1.82) is 0 Å². The van der Waals surface area contributed by atoms with E-state index in [4.69, 9.17) is 0 Å². The lowest BCUT2D eigenvalue weighted by molar-refractivity contribution is -0.127. The van der Waals surface area contributed by atoms with Crippen molar-refractivity contribution in [2.24, 2.45) is 5.92 Å². The predicted molar refractivity (Wildman–Crippen MR) is 68.7 cm³/mol. The van der Waals surface area contributed by atoms with Crippen molar-refractivity contribution in [1.82, 2.24) is 10.6 Å². The highest BCUT2D eigenvalue weighted by atomic mass is 32.2. The van der Waals surface area contributed by atoms with Gasteiger partial charge in [-0.25, -0.2) is 0 Å². The molecule has 1 amide bonds. The topological polar surface area (TPSA) is 41.1 Å². The third kappa shape index (κ3) is 3.14. The zero-order chi connectivity index (χ0) is 11.4. The Morgan fingerprint density at radius 2 is 2.25 bits per heavy atom. The summed E-state index contributed by atoms with van der Waals surface area (Å²) in [6.45, 7) is 3.95. The van der Waals surface area contributed by atoms with Crippen molar-refractivity contribution in [2.45, 2.75) is 43.9 Å². The Labute approximate surface area is 102 Å². The molecular weight excluding hydrogens is 220 g/mol. The van der Waals surface area contributed by atoms with Gasteiger partial charge in [0.05, 0.1) is 5.92 Å². The molecule has 0 aromatic rings. The standard InChI is InChI=1S/C12H22N2OS/c1-2-16-11-5-3-4-10(6-11)14-12(15)9-7-13-8-9/h9-11,13H,2-8H2,1H3,(H,14,15). The average Bonchev–Trinajstić information content (AvgIpc) is 2.15. The number of carbonyl (C=O) groups is 1. The Bertz CT molecular complexity index is 241. The maximum Gasteiger partial charge on any atom is 0.225 e. The van der Waals surface area contributed by atoms with Crippen LogP contribution in [0, 0.1) is 5.92 Å². The molecule has 2 N–H and O–H groups in total. The average molecular weight is 242 g/mol. The Morgan fingerprint density at radius 3 is 2.88 bits per heavy atom. The van der Waals surface area contributed by atoms with E-state index < -0.39 is 0 Å². The number of rotatable bonds is 4. The molecule has 0 radical (unpaired) electrons. The molecule has 2 atom stereocenters. The molecule has 0 aromatic heterocycles. The fraction of sp³-hybridized carbons (Fsp3) is 0.917. The van der Waals surface area contributed by atoms with Gasteiger partial charge < -0.3 is 10.6 Å². The molecule has 2 aliphatic rings. The molecule has 92 valence electrons. The van der Waals surface area contributed by atoms with Gasteiger partial charge in [-0.3, -0.25) is 4.79 Å². The maximum atomic E-state index is 11.8. The molecule has 2 unspecified atom stereocenters. The molecule has 0 bridgehead atoms. The fourth-order valence-electron chi connectivity index (χ4n) is 2.46. The van der Waals surface area contributed by atoms with Crippen molar-refractivity contribution in [3.63, 3.8) is 0 Å². The van der Waals surface area contributed by atoms with Gasteiger partial charge in [0.25, 0.3) is 0 Å². The van der Waals surface area contributed by atoms with Crippen LogP contribution in [0.25, 0.3) is 0 Å². The molecule has 0 spiro atoms. The van der Waals surface area contributed by atoms with Gasteiger partial charge in [-0.15, -0.1) is 0 Å². The van der Waals surface area contributed by atoms with E-state index in [1.54, 1.807) is 0 Å². The van der Waals surface area contributed by atoms with Gasteiger partial charge in [0, 0.05) is 24.4 Å². The van der Waals surface area contributed by atoms with E-state index in [0.29, 0.717) is 6.04 Å².